The lowest BCUT2D eigenvalue weighted by Gasteiger charge is -2.34. The molecule has 2 aliphatic heterocycles. The molecule has 0 spiro atoms. The Morgan fingerprint density at radius 3 is 2.38 bits per heavy atom. The van der Waals surface area contributed by atoms with Crippen LogP contribution in [0.1, 0.15) is 15.9 Å². The van der Waals surface area contributed by atoms with Crippen molar-refractivity contribution in [3.05, 3.63) is 41.1 Å². The van der Waals surface area contributed by atoms with Gasteiger partial charge in [0, 0.05) is 57.6 Å². The van der Waals surface area contributed by atoms with Gasteiger partial charge in [-0.25, -0.2) is 0 Å². The van der Waals surface area contributed by atoms with E-state index in [0.29, 0.717) is 19.6 Å². The van der Waals surface area contributed by atoms with Gasteiger partial charge in [-0.2, -0.15) is 13.2 Å². The zero-order valence-corrected chi connectivity index (χ0v) is 15.8. The van der Waals surface area contributed by atoms with Gasteiger partial charge in [0.1, 0.15) is 5.57 Å². The summed E-state index contributed by atoms with van der Waals surface area (Å²) < 4.78 is 38.7. The number of ketones is 1. The summed E-state index contributed by atoms with van der Waals surface area (Å²) in [6, 6.07) is 2.69. The number of nitrogens with zero attached hydrogens (tertiary/aromatic N) is 2. The van der Waals surface area contributed by atoms with Gasteiger partial charge in [-0.05, 0) is 18.2 Å². The second-order valence-corrected chi connectivity index (χ2v) is 6.96. The highest BCUT2D eigenvalue weighted by atomic mass is 19.4. The minimum atomic E-state index is -4.57. The largest absolute Gasteiger partial charge is 0.416 e. The van der Waals surface area contributed by atoms with E-state index in [1.165, 1.54) is 6.20 Å². The smallest absolute Gasteiger partial charge is 0.395 e. The number of nitrogens with one attached hydrogen (secondary N) is 2. The number of halogens is 3. The van der Waals surface area contributed by atoms with Crippen molar-refractivity contribution in [1.29, 1.82) is 0 Å². The number of carbonyl (C=O) groups excluding carboxylic acids is 2. The summed E-state index contributed by atoms with van der Waals surface area (Å²) in [6.07, 6.45) is -3.30. The minimum absolute atomic E-state index is 0.0749. The summed E-state index contributed by atoms with van der Waals surface area (Å²) in [5, 5.41) is 14.3. The third kappa shape index (κ3) is 5.14. The Hall–Kier alpha value is -2.43. The Morgan fingerprint density at radius 2 is 1.76 bits per heavy atom. The van der Waals surface area contributed by atoms with Crippen molar-refractivity contribution in [2.24, 2.45) is 0 Å². The number of anilines is 1. The number of piperazine rings is 1. The van der Waals surface area contributed by atoms with Crippen molar-refractivity contribution < 1.29 is 27.9 Å². The Morgan fingerprint density at radius 1 is 1.10 bits per heavy atom. The van der Waals surface area contributed by atoms with Gasteiger partial charge >= 0.3 is 6.18 Å². The zero-order valence-electron chi connectivity index (χ0n) is 15.8. The quantitative estimate of drug-likeness (QED) is 0.366. The number of carbonyl (C=O) groups is 2. The molecule has 0 aromatic heterocycles. The summed E-state index contributed by atoms with van der Waals surface area (Å²) in [6.45, 7) is 5.41. The molecule has 0 radical (unpaired) electrons. The van der Waals surface area contributed by atoms with Crippen molar-refractivity contribution in [3.63, 3.8) is 0 Å². The maximum Gasteiger partial charge on any atom is 0.416 e. The van der Waals surface area contributed by atoms with E-state index in [2.05, 4.69) is 20.4 Å². The number of alkyl halides is 3. The van der Waals surface area contributed by atoms with Crippen LogP contribution in [0, 0.1) is 0 Å². The van der Waals surface area contributed by atoms with Crippen molar-refractivity contribution >= 4 is 17.4 Å². The van der Waals surface area contributed by atoms with E-state index in [0.717, 1.165) is 44.4 Å². The van der Waals surface area contributed by atoms with Crippen molar-refractivity contribution in [2.75, 3.05) is 57.7 Å². The Bertz CT molecular complexity index is 802. The molecule has 1 amide bonds. The lowest BCUT2D eigenvalue weighted by atomic mass is 9.95. The Kier molecular flexibility index (Phi) is 6.56. The minimum Gasteiger partial charge on any atom is -0.395 e. The molecule has 0 saturated carbocycles. The first-order valence-corrected chi connectivity index (χ1v) is 9.36. The molecule has 0 bridgehead atoms. The maximum absolute atomic E-state index is 12.9. The summed E-state index contributed by atoms with van der Waals surface area (Å²) in [5.41, 5.74) is -1.25. The first kappa shape index (κ1) is 21.3. The summed E-state index contributed by atoms with van der Waals surface area (Å²) in [4.78, 5) is 29.1. The van der Waals surface area contributed by atoms with Crippen molar-refractivity contribution in [3.8, 4) is 0 Å². The standard InChI is InChI=1S/C19H23F3N4O3/c20-19(21,22)13-1-2-16-14(11-13)17(28)15(18(29)24-16)12-23-3-4-25-5-7-26(8-6-25)9-10-27/h1-2,11-12,23,27H,3-10H2,(H,24,29)/b15-12+. The lowest BCUT2D eigenvalue weighted by Crippen LogP contribution is -2.48. The molecule has 0 aliphatic carbocycles. The highest BCUT2D eigenvalue weighted by Gasteiger charge is 2.35. The highest BCUT2D eigenvalue weighted by Crippen LogP contribution is 2.34. The van der Waals surface area contributed by atoms with E-state index in [1.54, 1.807) is 0 Å². The van der Waals surface area contributed by atoms with Gasteiger partial charge in [0.25, 0.3) is 5.91 Å². The van der Waals surface area contributed by atoms with Crippen LogP contribution in [0.15, 0.2) is 30.0 Å². The van der Waals surface area contributed by atoms with Gasteiger partial charge in [0.05, 0.1) is 17.9 Å². The van der Waals surface area contributed by atoms with Crippen LogP contribution in [0.3, 0.4) is 0 Å². The molecule has 1 saturated heterocycles. The fourth-order valence-corrected chi connectivity index (χ4v) is 3.36. The third-order valence-corrected chi connectivity index (χ3v) is 5.03. The molecule has 1 aromatic rings. The zero-order chi connectivity index (χ0) is 21.0. The van der Waals surface area contributed by atoms with Gasteiger partial charge in [-0.3, -0.25) is 19.4 Å². The SMILES string of the molecule is O=C1Nc2ccc(C(F)(F)F)cc2C(=O)/C1=C\NCCN1CCN(CCO)CC1. The first-order chi connectivity index (χ1) is 13.8. The first-order valence-electron chi connectivity index (χ1n) is 9.36. The fourth-order valence-electron chi connectivity index (χ4n) is 3.36. The Labute approximate surface area is 166 Å². The number of aliphatic hydroxyl groups excluding tert-OH is 1. The van der Waals surface area contributed by atoms with Crippen LogP contribution in [-0.2, 0) is 11.0 Å². The van der Waals surface area contributed by atoms with Crippen LogP contribution in [-0.4, -0.2) is 79.0 Å². The molecule has 10 heteroatoms. The lowest BCUT2D eigenvalue weighted by molar-refractivity contribution is -0.137. The van der Waals surface area contributed by atoms with E-state index in [-0.39, 0.29) is 23.4 Å². The second kappa shape index (κ2) is 8.93. The number of aliphatic hydroxyl groups is 1. The van der Waals surface area contributed by atoms with E-state index < -0.39 is 23.4 Å². The van der Waals surface area contributed by atoms with Crippen LogP contribution in [0.5, 0.6) is 0 Å². The highest BCUT2D eigenvalue weighted by molar-refractivity contribution is 6.33. The predicted molar refractivity (Wildman–Crippen MR) is 100 cm³/mol. The molecule has 158 valence electrons. The van der Waals surface area contributed by atoms with E-state index in [4.69, 9.17) is 5.11 Å². The van der Waals surface area contributed by atoms with Crippen LogP contribution < -0.4 is 10.6 Å². The third-order valence-electron chi connectivity index (χ3n) is 5.03. The van der Waals surface area contributed by atoms with Crippen LogP contribution in [0.4, 0.5) is 18.9 Å². The van der Waals surface area contributed by atoms with Crippen LogP contribution >= 0.6 is 0 Å². The molecule has 1 aromatic carbocycles. The molecule has 7 nitrogen and oxygen atoms in total. The fraction of sp³-hybridized carbons (Fsp3) is 0.474. The van der Waals surface area contributed by atoms with E-state index in [1.807, 2.05) is 0 Å². The molecule has 29 heavy (non-hydrogen) atoms. The number of Topliss-reactive ketones (excluding diaryl/α,β-unsaturated/α-hetero) is 1. The maximum atomic E-state index is 12.9. The molecule has 1 fully saturated rings. The number of amides is 1. The number of rotatable bonds is 6. The summed E-state index contributed by atoms with van der Waals surface area (Å²) in [5.74, 6) is -1.38. The molecule has 2 aliphatic rings. The topological polar surface area (TPSA) is 84.9 Å². The van der Waals surface area contributed by atoms with Gasteiger partial charge in [-0.1, -0.05) is 0 Å². The number of hydrogen-bond acceptors (Lipinski definition) is 6. The van der Waals surface area contributed by atoms with E-state index in [9.17, 15) is 22.8 Å². The van der Waals surface area contributed by atoms with Gasteiger partial charge < -0.3 is 15.7 Å². The summed E-state index contributed by atoms with van der Waals surface area (Å²) >= 11 is 0. The molecular weight excluding hydrogens is 389 g/mol. The number of benzene rings is 1. The normalized spacial score (nSPS) is 19.9. The van der Waals surface area contributed by atoms with Crippen LogP contribution in [0.2, 0.25) is 0 Å². The van der Waals surface area contributed by atoms with E-state index >= 15 is 0 Å². The van der Waals surface area contributed by atoms with Crippen molar-refractivity contribution in [2.45, 2.75) is 6.18 Å². The predicted octanol–water partition coefficient (Wildman–Crippen LogP) is 0.924. The average Bonchev–Trinajstić information content (AvgIpc) is 2.67. The van der Waals surface area contributed by atoms with Crippen LogP contribution in [0.25, 0.3) is 0 Å². The van der Waals surface area contributed by atoms with Gasteiger partial charge in [-0.15, -0.1) is 0 Å². The second-order valence-electron chi connectivity index (χ2n) is 6.96. The number of hydrogen-bond donors (Lipinski definition) is 3. The summed E-state index contributed by atoms with van der Waals surface area (Å²) in [7, 11) is 0. The molecule has 0 atom stereocenters. The molecule has 0 unspecified atom stereocenters. The average molecular weight is 412 g/mol. The molecule has 3 rings (SSSR count). The van der Waals surface area contributed by atoms with Crippen molar-refractivity contribution in [1.82, 2.24) is 15.1 Å². The molecule has 3 N–H and O–H groups in total. The monoisotopic (exact) mass is 412 g/mol. The number of β-amino-alcohol motifs (C(OH)–C–C–N with tert-alkyl or cyclic N) is 1. The molecular formula is C19H23F3N4O3. The number of fused-ring (bicyclic) bond motifs is 1. The van der Waals surface area contributed by atoms with Gasteiger partial charge in [0.15, 0.2) is 0 Å². The Balaban J connectivity index is 1.58. The van der Waals surface area contributed by atoms with Gasteiger partial charge in [0.2, 0.25) is 5.78 Å². The molecule has 2 heterocycles.